The summed E-state index contributed by atoms with van der Waals surface area (Å²) in [7, 11) is -1.97. The van der Waals surface area contributed by atoms with Gasteiger partial charge in [0.05, 0.1) is 0 Å². The predicted octanol–water partition coefficient (Wildman–Crippen LogP) is 5.79. The normalized spacial score (nSPS) is 18.3. The van der Waals surface area contributed by atoms with E-state index in [4.69, 9.17) is 5.73 Å². The van der Waals surface area contributed by atoms with Crippen LogP contribution in [0.3, 0.4) is 0 Å². The summed E-state index contributed by atoms with van der Waals surface area (Å²) >= 11 is 0. The highest BCUT2D eigenvalue weighted by Crippen LogP contribution is 2.42. The van der Waals surface area contributed by atoms with Crippen molar-refractivity contribution in [2.45, 2.75) is 80.3 Å². The molecule has 3 heteroatoms. The third-order valence-electron chi connectivity index (χ3n) is 6.71. The molecule has 0 heterocycles. The van der Waals surface area contributed by atoms with Crippen molar-refractivity contribution in [2.24, 2.45) is 11.7 Å². The van der Waals surface area contributed by atoms with Crippen molar-refractivity contribution in [2.75, 3.05) is 0 Å². The number of allylic oxidation sites excluding steroid dienone is 4. The Balaban J connectivity index is 2.83. The van der Waals surface area contributed by atoms with Crippen LogP contribution in [0.5, 0.6) is 0 Å². The molecule has 1 aromatic rings. The van der Waals surface area contributed by atoms with Gasteiger partial charge in [-0.15, -0.1) is 0 Å². The molecule has 0 aromatic heterocycles. The van der Waals surface area contributed by atoms with E-state index < -0.39 is 8.07 Å². The van der Waals surface area contributed by atoms with Crippen LogP contribution in [0.2, 0.25) is 13.1 Å². The van der Waals surface area contributed by atoms with Gasteiger partial charge in [-0.25, -0.2) is 0 Å². The molecule has 0 fully saturated rings. The number of carbonyl (C=O) groups excluding carboxylic acids is 1. The lowest BCUT2D eigenvalue weighted by Gasteiger charge is -2.34. The standard InChI is InChI=1S/C24H37NOSi/c1-13(2)19-11-12-20(21(14(3)4)22(19)24(25)26)27(9,10)23-17(7)15(5)16(6)18(23)8/h11-14,17H,1-10H3,(H2,25,26). The third-order valence-corrected chi connectivity index (χ3v) is 10.6. The molecular formula is C24H37NOSi. The Kier molecular flexibility index (Phi) is 5.96. The zero-order chi connectivity index (χ0) is 20.8. The molecular weight excluding hydrogens is 346 g/mol. The second kappa shape index (κ2) is 7.42. The highest BCUT2D eigenvalue weighted by Gasteiger charge is 2.40. The molecule has 1 unspecified atom stereocenters. The first-order valence-corrected chi connectivity index (χ1v) is 13.2. The first-order valence-electron chi connectivity index (χ1n) is 10.2. The second-order valence-electron chi connectivity index (χ2n) is 9.36. The van der Waals surface area contributed by atoms with Gasteiger partial charge < -0.3 is 5.73 Å². The van der Waals surface area contributed by atoms with Gasteiger partial charge in [-0.3, -0.25) is 4.79 Å². The number of hydrogen-bond donors (Lipinski definition) is 1. The summed E-state index contributed by atoms with van der Waals surface area (Å²) in [6.07, 6.45) is 0. The van der Waals surface area contributed by atoms with Crippen molar-refractivity contribution >= 4 is 19.2 Å². The molecule has 2 rings (SSSR count). The fourth-order valence-corrected chi connectivity index (χ4v) is 9.36. The first-order chi connectivity index (χ1) is 12.3. The number of primary amides is 1. The molecule has 2 nitrogen and oxygen atoms in total. The molecule has 1 amide bonds. The van der Waals surface area contributed by atoms with Gasteiger partial charge >= 0.3 is 0 Å². The summed E-state index contributed by atoms with van der Waals surface area (Å²) in [5.74, 6) is 0.736. The van der Waals surface area contributed by atoms with Gasteiger partial charge in [-0.1, -0.05) is 81.4 Å². The minimum atomic E-state index is -1.97. The van der Waals surface area contributed by atoms with Crippen LogP contribution < -0.4 is 10.9 Å². The molecule has 148 valence electrons. The molecule has 0 saturated heterocycles. The number of benzene rings is 1. The Morgan fingerprint density at radius 1 is 1.00 bits per heavy atom. The monoisotopic (exact) mass is 383 g/mol. The third kappa shape index (κ3) is 3.47. The zero-order valence-corrected chi connectivity index (χ0v) is 19.9. The maximum absolute atomic E-state index is 12.5. The molecule has 27 heavy (non-hydrogen) atoms. The van der Waals surface area contributed by atoms with Crippen molar-refractivity contribution in [3.63, 3.8) is 0 Å². The van der Waals surface area contributed by atoms with Gasteiger partial charge in [-0.05, 0) is 55.2 Å². The van der Waals surface area contributed by atoms with Crippen molar-refractivity contribution in [3.05, 3.63) is 50.7 Å². The van der Waals surface area contributed by atoms with Crippen LogP contribution in [0.25, 0.3) is 0 Å². The van der Waals surface area contributed by atoms with Crippen LogP contribution >= 0.6 is 0 Å². The summed E-state index contributed by atoms with van der Waals surface area (Å²) in [5.41, 5.74) is 13.3. The van der Waals surface area contributed by atoms with E-state index in [0.29, 0.717) is 5.92 Å². The minimum absolute atomic E-state index is 0.265. The van der Waals surface area contributed by atoms with E-state index in [0.717, 1.165) is 11.1 Å². The SMILES string of the molecule is CC1=C(C)C(C)C([Si](C)(C)c2ccc(C(C)C)c(C(N)=O)c2C(C)C)=C1C. The minimum Gasteiger partial charge on any atom is -0.366 e. The van der Waals surface area contributed by atoms with Crippen LogP contribution in [-0.4, -0.2) is 14.0 Å². The molecule has 1 atom stereocenters. The van der Waals surface area contributed by atoms with Crippen LogP contribution in [0, 0.1) is 5.92 Å². The van der Waals surface area contributed by atoms with E-state index in [2.05, 4.69) is 80.6 Å². The van der Waals surface area contributed by atoms with Crippen LogP contribution in [0.4, 0.5) is 0 Å². The Morgan fingerprint density at radius 2 is 1.56 bits per heavy atom. The van der Waals surface area contributed by atoms with E-state index in [-0.39, 0.29) is 17.7 Å². The molecule has 1 aliphatic rings. The average molecular weight is 384 g/mol. The summed E-state index contributed by atoms with van der Waals surface area (Å²) in [4.78, 5) is 12.5. The second-order valence-corrected chi connectivity index (χ2v) is 13.7. The van der Waals surface area contributed by atoms with Crippen LogP contribution in [0.1, 0.15) is 88.7 Å². The maximum Gasteiger partial charge on any atom is 0.249 e. The number of rotatable bonds is 5. The van der Waals surface area contributed by atoms with E-state index in [1.807, 2.05) is 0 Å². The predicted molar refractivity (Wildman–Crippen MR) is 120 cm³/mol. The molecule has 1 aliphatic carbocycles. The lowest BCUT2D eigenvalue weighted by atomic mass is 9.88. The van der Waals surface area contributed by atoms with E-state index in [9.17, 15) is 4.79 Å². The number of carbonyl (C=O) groups is 1. The first kappa shape index (κ1) is 21.7. The van der Waals surface area contributed by atoms with Crippen molar-refractivity contribution in [3.8, 4) is 0 Å². The smallest absolute Gasteiger partial charge is 0.249 e. The summed E-state index contributed by atoms with van der Waals surface area (Å²) in [6.45, 7) is 22.7. The number of hydrogen-bond acceptors (Lipinski definition) is 1. The number of nitrogens with two attached hydrogens (primary N) is 1. The summed E-state index contributed by atoms with van der Waals surface area (Å²) in [5, 5.41) is 2.98. The molecule has 0 spiro atoms. The number of amides is 1. The van der Waals surface area contributed by atoms with Gasteiger partial charge in [0.2, 0.25) is 5.91 Å². The van der Waals surface area contributed by atoms with Crippen molar-refractivity contribution in [1.29, 1.82) is 0 Å². The summed E-state index contributed by atoms with van der Waals surface area (Å²) < 4.78 is 0. The lowest BCUT2D eigenvalue weighted by molar-refractivity contribution is 0.0998. The van der Waals surface area contributed by atoms with E-state index in [1.54, 1.807) is 5.20 Å². The fourth-order valence-electron chi connectivity index (χ4n) is 5.06. The van der Waals surface area contributed by atoms with Gasteiger partial charge in [0.1, 0.15) is 8.07 Å². The topological polar surface area (TPSA) is 43.1 Å². The molecule has 1 aromatic carbocycles. The van der Waals surface area contributed by atoms with Gasteiger partial charge in [0.25, 0.3) is 0 Å². The zero-order valence-electron chi connectivity index (χ0n) is 18.9. The largest absolute Gasteiger partial charge is 0.366 e. The Bertz CT molecular complexity index is 840. The fraction of sp³-hybridized carbons (Fsp3) is 0.542. The van der Waals surface area contributed by atoms with E-state index >= 15 is 0 Å². The molecule has 2 N–H and O–H groups in total. The van der Waals surface area contributed by atoms with Crippen LogP contribution in [0.15, 0.2) is 34.0 Å². The van der Waals surface area contributed by atoms with Gasteiger partial charge in [0, 0.05) is 5.56 Å². The molecule has 0 radical (unpaired) electrons. The average Bonchev–Trinajstić information content (AvgIpc) is 2.76. The van der Waals surface area contributed by atoms with Crippen molar-refractivity contribution < 1.29 is 4.79 Å². The molecule has 0 saturated carbocycles. The van der Waals surface area contributed by atoms with E-state index in [1.165, 1.54) is 27.5 Å². The Hall–Kier alpha value is -1.61. The van der Waals surface area contributed by atoms with Crippen molar-refractivity contribution in [1.82, 2.24) is 0 Å². The van der Waals surface area contributed by atoms with Gasteiger partial charge in [-0.2, -0.15) is 0 Å². The lowest BCUT2D eigenvalue weighted by Crippen LogP contribution is -2.49. The Labute approximate surface area is 166 Å². The highest BCUT2D eigenvalue weighted by molar-refractivity contribution is 6.96. The maximum atomic E-state index is 12.5. The van der Waals surface area contributed by atoms with Gasteiger partial charge in [0.15, 0.2) is 0 Å². The quantitative estimate of drug-likeness (QED) is 0.643. The molecule has 0 aliphatic heterocycles. The Morgan fingerprint density at radius 3 is 1.93 bits per heavy atom. The van der Waals surface area contributed by atoms with Crippen LogP contribution in [-0.2, 0) is 0 Å². The molecule has 0 bridgehead atoms. The highest BCUT2D eigenvalue weighted by atomic mass is 28.3. The summed E-state index contributed by atoms with van der Waals surface area (Å²) in [6, 6.07) is 4.46.